The van der Waals surface area contributed by atoms with Gasteiger partial charge < -0.3 is 9.64 Å². The summed E-state index contributed by atoms with van der Waals surface area (Å²) in [7, 11) is 0. The fourth-order valence-corrected chi connectivity index (χ4v) is 2.70. The summed E-state index contributed by atoms with van der Waals surface area (Å²) in [6.07, 6.45) is -4.42. The van der Waals surface area contributed by atoms with E-state index in [-0.39, 0.29) is 6.61 Å². The number of carbonyl (C=O) groups excluding carboxylic acids is 1. The molecule has 1 aliphatic heterocycles. The lowest BCUT2D eigenvalue weighted by atomic mass is 9.85. The largest absolute Gasteiger partial charge is 0.409 e. The molecule has 0 aliphatic carbocycles. The van der Waals surface area contributed by atoms with Gasteiger partial charge in [0.25, 0.3) is 0 Å². The zero-order chi connectivity index (χ0) is 15.6. The lowest BCUT2D eigenvalue weighted by Crippen LogP contribution is -2.67. The Morgan fingerprint density at radius 3 is 2.43 bits per heavy atom. The molecule has 0 radical (unpaired) electrons. The highest BCUT2D eigenvalue weighted by molar-refractivity contribution is 5.86. The average molecular weight is 301 g/mol. The monoisotopic (exact) mass is 301 g/mol. The highest BCUT2D eigenvalue weighted by atomic mass is 19.4. The number of ether oxygens (including phenoxy) is 1. The summed E-state index contributed by atoms with van der Waals surface area (Å²) in [5.41, 5.74) is 0.653. The third-order valence-electron chi connectivity index (χ3n) is 3.75. The Bertz CT molecular complexity index is 489. The van der Waals surface area contributed by atoms with E-state index >= 15 is 0 Å². The van der Waals surface area contributed by atoms with Crippen LogP contribution < -0.4 is 0 Å². The molecule has 1 saturated heterocycles. The van der Waals surface area contributed by atoms with Gasteiger partial charge in [0.15, 0.2) is 0 Å². The number of alkyl halides is 3. The Balaban J connectivity index is 2.30. The van der Waals surface area contributed by atoms with E-state index < -0.39 is 30.1 Å². The molecule has 6 heteroatoms. The van der Waals surface area contributed by atoms with Crippen molar-refractivity contribution in [1.82, 2.24) is 4.90 Å². The number of rotatable bonds is 5. The van der Waals surface area contributed by atoms with Gasteiger partial charge in [0.05, 0.1) is 18.6 Å². The van der Waals surface area contributed by atoms with Crippen molar-refractivity contribution in [3.8, 4) is 0 Å². The number of likely N-dealkylation sites (tertiary alicyclic amines) is 1. The van der Waals surface area contributed by atoms with Crippen molar-refractivity contribution in [3.05, 3.63) is 35.9 Å². The van der Waals surface area contributed by atoms with Crippen LogP contribution in [-0.2, 0) is 9.53 Å². The van der Waals surface area contributed by atoms with Gasteiger partial charge in [0.2, 0.25) is 5.91 Å². The van der Waals surface area contributed by atoms with Crippen LogP contribution in [0.2, 0.25) is 0 Å². The molecule has 0 unspecified atom stereocenters. The number of hydrogen-bond acceptors (Lipinski definition) is 2. The fraction of sp³-hybridized carbons (Fsp3) is 0.533. The first kappa shape index (κ1) is 15.8. The molecule has 21 heavy (non-hydrogen) atoms. The SMILES string of the molecule is CCOC[C@H](c1ccccc1)N1C(=O)[C@H](C)[C@H]1C(F)(F)F. The maximum absolute atomic E-state index is 13.1. The first-order chi connectivity index (χ1) is 9.88. The van der Waals surface area contributed by atoms with Crippen LogP contribution in [-0.4, -0.2) is 36.2 Å². The topological polar surface area (TPSA) is 29.5 Å². The van der Waals surface area contributed by atoms with E-state index in [0.29, 0.717) is 12.2 Å². The van der Waals surface area contributed by atoms with Gasteiger partial charge in [-0.2, -0.15) is 13.2 Å². The Morgan fingerprint density at radius 1 is 1.29 bits per heavy atom. The van der Waals surface area contributed by atoms with Crippen LogP contribution in [0.3, 0.4) is 0 Å². The smallest absolute Gasteiger partial charge is 0.379 e. The summed E-state index contributed by atoms with van der Waals surface area (Å²) in [5, 5.41) is 0. The number of nitrogens with zero attached hydrogens (tertiary/aromatic N) is 1. The van der Waals surface area contributed by atoms with Crippen LogP contribution in [0.1, 0.15) is 25.5 Å². The van der Waals surface area contributed by atoms with Crippen LogP contribution in [0.15, 0.2) is 30.3 Å². The summed E-state index contributed by atoms with van der Waals surface area (Å²) in [6.45, 7) is 3.53. The van der Waals surface area contributed by atoms with Crippen LogP contribution in [0.25, 0.3) is 0 Å². The Morgan fingerprint density at radius 2 is 1.90 bits per heavy atom. The second kappa shape index (κ2) is 6.05. The summed E-state index contributed by atoms with van der Waals surface area (Å²) in [6, 6.07) is 6.25. The van der Waals surface area contributed by atoms with Crippen molar-refractivity contribution in [2.75, 3.05) is 13.2 Å². The molecule has 2 rings (SSSR count). The number of hydrogen-bond donors (Lipinski definition) is 0. The van der Waals surface area contributed by atoms with Crippen LogP contribution in [0.4, 0.5) is 13.2 Å². The number of benzene rings is 1. The van der Waals surface area contributed by atoms with Crippen LogP contribution in [0.5, 0.6) is 0 Å². The van der Waals surface area contributed by atoms with Crippen LogP contribution in [0, 0.1) is 5.92 Å². The Hall–Kier alpha value is -1.56. The minimum Gasteiger partial charge on any atom is -0.379 e. The molecule has 0 N–H and O–H groups in total. The molecule has 1 aromatic rings. The number of halogens is 3. The average Bonchev–Trinajstić information content (AvgIpc) is 2.45. The number of carbonyl (C=O) groups is 1. The third-order valence-corrected chi connectivity index (χ3v) is 3.75. The Labute approximate surface area is 121 Å². The first-order valence-electron chi connectivity index (χ1n) is 6.89. The van der Waals surface area contributed by atoms with Crippen molar-refractivity contribution in [3.63, 3.8) is 0 Å². The van der Waals surface area contributed by atoms with E-state index in [1.165, 1.54) is 6.92 Å². The second-order valence-electron chi connectivity index (χ2n) is 5.11. The van der Waals surface area contributed by atoms with Crippen molar-refractivity contribution < 1.29 is 22.7 Å². The Kier molecular flexibility index (Phi) is 4.56. The van der Waals surface area contributed by atoms with Gasteiger partial charge in [-0.25, -0.2) is 0 Å². The predicted octanol–water partition coefficient (Wildman–Crippen LogP) is 3.17. The van der Waals surface area contributed by atoms with Gasteiger partial charge in [-0.1, -0.05) is 37.3 Å². The van der Waals surface area contributed by atoms with E-state index in [4.69, 9.17) is 4.74 Å². The van der Waals surface area contributed by atoms with Crippen LogP contribution >= 0.6 is 0 Å². The summed E-state index contributed by atoms with van der Waals surface area (Å²) in [4.78, 5) is 12.9. The standard InChI is InChI=1S/C15H18F3NO2/c1-3-21-9-12(11-7-5-4-6-8-11)19-13(15(16,17)18)10(2)14(19)20/h4-8,10,12-13H,3,9H2,1-2H3/t10-,12-,13+/m1/s1. The van der Waals surface area contributed by atoms with E-state index in [2.05, 4.69) is 0 Å². The maximum Gasteiger partial charge on any atom is 0.409 e. The molecule has 0 saturated carbocycles. The quantitative estimate of drug-likeness (QED) is 0.782. The highest BCUT2D eigenvalue weighted by Gasteiger charge is 2.60. The van der Waals surface area contributed by atoms with Gasteiger partial charge in [-0.05, 0) is 12.5 Å². The molecule has 1 amide bonds. The third kappa shape index (κ3) is 3.05. The van der Waals surface area contributed by atoms with Gasteiger partial charge in [0.1, 0.15) is 6.04 Å². The van der Waals surface area contributed by atoms with Crippen molar-refractivity contribution in [1.29, 1.82) is 0 Å². The zero-order valence-corrected chi connectivity index (χ0v) is 11.9. The highest BCUT2D eigenvalue weighted by Crippen LogP contribution is 2.43. The van der Waals surface area contributed by atoms with E-state index in [0.717, 1.165) is 4.90 Å². The molecule has 0 aromatic heterocycles. The molecule has 1 aromatic carbocycles. The number of amides is 1. The molecule has 3 nitrogen and oxygen atoms in total. The molecule has 1 heterocycles. The van der Waals surface area contributed by atoms with E-state index in [1.54, 1.807) is 37.3 Å². The predicted molar refractivity (Wildman–Crippen MR) is 71.5 cm³/mol. The number of β-lactam (4-membered cyclic amide) rings is 1. The zero-order valence-electron chi connectivity index (χ0n) is 11.9. The molecule has 116 valence electrons. The lowest BCUT2D eigenvalue weighted by Gasteiger charge is -2.50. The summed E-state index contributed by atoms with van der Waals surface area (Å²) >= 11 is 0. The summed E-state index contributed by atoms with van der Waals surface area (Å²) < 4.78 is 44.7. The lowest BCUT2D eigenvalue weighted by molar-refractivity contribution is -0.237. The fourth-order valence-electron chi connectivity index (χ4n) is 2.70. The van der Waals surface area contributed by atoms with Crippen molar-refractivity contribution in [2.45, 2.75) is 32.1 Å². The van der Waals surface area contributed by atoms with Crippen molar-refractivity contribution >= 4 is 5.91 Å². The van der Waals surface area contributed by atoms with Crippen molar-refractivity contribution in [2.24, 2.45) is 5.92 Å². The molecule has 1 aliphatic rings. The molecule has 0 spiro atoms. The van der Waals surface area contributed by atoms with E-state index in [1.807, 2.05) is 0 Å². The molecule has 0 bridgehead atoms. The van der Waals surface area contributed by atoms with Gasteiger partial charge in [-0.15, -0.1) is 0 Å². The minimum atomic E-state index is -4.42. The minimum absolute atomic E-state index is 0.0611. The first-order valence-corrected chi connectivity index (χ1v) is 6.89. The normalized spacial score (nSPS) is 23.9. The molecule has 3 atom stereocenters. The molecule has 1 fully saturated rings. The maximum atomic E-state index is 13.1. The molecular formula is C15H18F3NO2. The molecular weight excluding hydrogens is 283 g/mol. The van der Waals surface area contributed by atoms with Gasteiger partial charge in [-0.3, -0.25) is 4.79 Å². The van der Waals surface area contributed by atoms with Gasteiger partial charge in [0, 0.05) is 6.61 Å². The van der Waals surface area contributed by atoms with E-state index in [9.17, 15) is 18.0 Å². The second-order valence-corrected chi connectivity index (χ2v) is 5.11. The summed E-state index contributed by atoms with van der Waals surface area (Å²) in [5.74, 6) is -1.51. The van der Waals surface area contributed by atoms with Gasteiger partial charge >= 0.3 is 6.18 Å².